The van der Waals surface area contributed by atoms with Crippen molar-refractivity contribution in [3.63, 3.8) is 0 Å². The summed E-state index contributed by atoms with van der Waals surface area (Å²) in [6.45, 7) is 4.02. The highest BCUT2D eigenvalue weighted by molar-refractivity contribution is 9.10. The normalized spacial score (nSPS) is 10.6. The maximum absolute atomic E-state index is 12.7. The molecule has 0 unspecified atom stereocenters. The third-order valence-corrected chi connectivity index (χ3v) is 4.76. The van der Waals surface area contributed by atoms with Gasteiger partial charge in [-0.3, -0.25) is 0 Å². The monoisotopic (exact) mass is 482 g/mol. The van der Waals surface area contributed by atoms with E-state index in [9.17, 15) is 9.59 Å². The first-order valence-electron chi connectivity index (χ1n) is 9.92. The number of ether oxygens (including phenoxy) is 3. The van der Waals surface area contributed by atoms with E-state index >= 15 is 0 Å². The van der Waals surface area contributed by atoms with E-state index in [1.54, 1.807) is 36.4 Å². The molecule has 0 aliphatic rings. The zero-order chi connectivity index (χ0) is 22.2. The van der Waals surface area contributed by atoms with E-state index in [2.05, 4.69) is 15.9 Å². The molecule has 0 saturated heterocycles. The number of hydrogen-bond donors (Lipinski definition) is 0. The molecule has 3 aromatic rings. The van der Waals surface area contributed by atoms with E-state index in [-0.39, 0.29) is 18.5 Å². The Labute approximate surface area is 190 Å². The smallest absolute Gasteiger partial charge is 0.347 e. The average molecular weight is 483 g/mol. The van der Waals surface area contributed by atoms with E-state index in [0.29, 0.717) is 23.3 Å². The van der Waals surface area contributed by atoms with E-state index in [1.165, 1.54) is 6.07 Å². The summed E-state index contributed by atoms with van der Waals surface area (Å²) < 4.78 is 17.3. The lowest BCUT2D eigenvalue weighted by Gasteiger charge is -2.14. The summed E-state index contributed by atoms with van der Waals surface area (Å²) in [5, 5.41) is 0. The molecule has 0 aromatic heterocycles. The number of hydrogen-bond acceptors (Lipinski definition) is 5. The third-order valence-electron chi connectivity index (χ3n) is 4.27. The summed E-state index contributed by atoms with van der Waals surface area (Å²) in [7, 11) is 0. The minimum Gasteiger partial charge on any atom is -0.490 e. The van der Waals surface area contributed by atoms with E-state index in [4.69, 9.17) is 14.2 Å². The lowest BCUT2D eigenvalue weighted by molar-refractivity contribution is 0.0507. The van der Waals surface area contributed by atoms with Crippen molar-refractivity contribution in [3.8, 4) is 11.5 Å². The Hall–Kier alpha value is -3.12. The molecular weight excluding hydrogens is 460 g/mol. The van der Waals surface area contributed by atoms with Crippen molar-refractivity contribution < 1.29 is 23.8 Å². The molecule has 0 aliphatic carbocycles. The van der Waals surface area contributed by atoms with Crippen molar-refractivity contribution in [2.45, 2.75) is 26.4 Å². The molecule has 0 saturated carbocycles. The summed E-state index contributed by atoms with van der Waals surface area (Å²) in [6.07, 6.45) is 0.532. The van der Waals surface area contributed by atoms with Gasteiger partial charge in [-0.15, -0.1) is 0 Å². The summed E-state index contributed by atoms with van der Waals surface area (Å²) in [5.41, 5.74) is 1.69. The highest BCUT2D eigenvalue weighted by atomic mass is 79.9. The molecule has 0 aliphatic heterocycles. The van der Waals surface area contributed by atoms with Crippen LogP contribution in [0.3, 0.4) is 0 Å². The summed E-state index contributed by atoms with van der Waals surface area (Å²) in [5.74, 6) is -0.371. The van der Waals surface area contributed by atoms with Gasteiger partial charge in [0, 0.05) is 10.9 Å². The molecule has 0 heterocycles. The van der Waals surface area contributed by atoms with Crippen molar-refractivity contribution in [1.82, 2.24) is 0 Å². The second kappa shape index (κ2) is 10.8. The number of carbonyl (C=O) groups excluding carboxylic acids is 2. The number of carbonyl (C=O) groups is 2. The molecule has 31 heavy (non-hydrogen) atoms. The largest absolute Gasteiger partial charge is 0.490 e. The van der Waals surface area contributed by atoms with E-state index < -0.39 is 11.9 Å². The Kier molecular flexibility index (Phi) is 7.84. The lowest BCUT2D eigenvalue weighted by Crippen LogP contribution is -2.14. The van der Waals surface area contributed by atoms with Crippen LogP contribution in [0.5, 0.6) is 11.5 Å². The molecule has 0 bridgehead atoms. The summed E-state index contributed by atoms with van der Waals surface area (Å²) in [6, 6.07) is 21.3. The first-order valence-corrected chi connectivity index (χ1v) is 10.7. The van der Waals surface area contributed by atoms with Gasteiger partial charge in [0.25, 0.3) is 0 Å². The van der Waals surface area contributed by atoms with Gasteiger partial charge in [0.05, 0.1) is 18.3 Å². The first-order chi connectivity index (χ1) is 14.9. The highest BCUT2D eigenvalue weighted by Crippen LogP contribution is 2.26. The van der Waals surface area contributed by atoms with Gasteiger partial charge in [-0.05, 0) is 55.8 Å². The quantitative estimate of drug-likeness (QED) is 0.297. The Morgan fingerprint density at radius 3 is 2.42 bits per heavy atom. The SMILES string of the molecule is CC(C)Oc1ccc(Br)cc1C(=O)Oc1cccc(C(=O)OCCc2ccccc2)c1. The summed E-state index contributed by atoms with van der Waals surface area (Å²) >= 11 is 3.36. The second-order valence-electron chi connectivity index (χ2n) is 7.10. The molecule has 0 atom stereocenters. The van der Waals surface area contributed by atoms with Crippen molar-refractivity contribution in [1.29, 1.82) is 0 Å². The third kappa shape index (κ3) is 6.69. The average Bonchev–Trinajstić information content (AvgIpc) is 2.75. The Balaban J connectivity index is 1.65. The Bertz CT molecular complexity index is 1050. The van der Waals surface area contributed by atoms with Crippen LogP contribution < -0.4 is 9.47 Å². The molecular formula is C25H23BrO5. The first kappa shape index (κ1) is 22.6. The van der Waals surface area contributed by atoms with Crippen molar-refractivity contribution in [2.24, 2.45) is 0 Å². The number of rotatable bonds is 8. The standard InChI is InChI=1S/C25H23BrO5/c1-17(2)30-23-12-11-20(26)16-22(23)25(28)31-21-10-6-9-19(15-21)24(27)29-14-13-18-7-4-3-5-8-18/h3-12,15-17H,13-14H2,1-2H3. The molecule has 3 rings (SSSR count). The highest BCUT2D eigenvalue weighted by Gasteiger charge is 2.18. The van der Waals surface area contributed by atoms with Gasteiger partial charge in [0.15, 0.2) is 0 Å². The van der Waals surface area contributed by atoms with Crippen LogP contribution in [0.25, 0.3) is 0 Å². The zero-order valence-corrected chi connectivity index (χ0v) is 18.9. The lowest BCUT2D eigenvalue weighted by atomic mass is 10.2. The molecule has 0 spiro atoms. The van der Waals surface area contributed by atoms with Crippen molar-refractivity contribution >= 4 is 27.9 Å². The van der Waals surface area contributed by atoms with E-state index in [1.807, 2.05) is 44.2 Å². The van der Waals surface area contributed by atoms with Gasteiger partial charge in [-0.25, -0.2) is 9.59 Å². The van der Waals surface area contributed by atoms with Gasteiger partial charge in [0.2, 0.25) is 0 Å². The second-order valence-corrected chi connectivity index (χ2v) is 8.01. The van der Waals surface area contributed by atoms with E-state index in [0.717, 1.165) is 10.0 Å². The van der Waals surface area contributed by atoms with Gasteiger partial charge < -0.3 is 14.2 Å². The fourth-order valence-corrected chi connectivity index (χ4v) is 3.22. The summed E-state index contributed by atoms with van der Waals surface area (Å²) in [4.78, 5) is 25.1. The minimum atomic E-state index is -0.577. The molecule has 160 valence electrons. The molecule has 6 heteroatoms. The molecule has 0 radical (unpaired) electrons. The fraction of sp³-hybridized carbons (Fsp3) is 0.200. The minimum absolute atomic E-state index is 0.0956. The Morgan fingerprint density at radius 2 is 1.68 bits per heavy atom. The van der Waals surface area contributed by atoms with Gasteiger partial charge in [-0.1, -0.05) is 52.3 Å². The molecule has 5 nitrogen and oxygen atoms in total. The van der Waals surface area contributed by atoms with Crippen LogP contribution in [-0.4, -0.2) is 24.6 Å². The molecule has 0 amide bonds. The predicted molar refractivity (Wildman–Crippen MR) is 122 cm³/mol. The number of esters is 2. The molecule has 0 N–H and O–H groups in total. The van der Waals surface area contributed by atoms with Crippen LogP contribution in [-0.2, 0) is 11.2 Å². The predicted octanol–water partition coefficient (Wildman–Crippen LogP) is 5.86. The maximum atomic E-state index is 12.7. The van der Waals surface area contributed by atoms with Gasteiger partial charge in [-0.2, -0.15) is 0 Å². The number of halogens is 1. The van der Waals surface area contributed by atoms with Crippen molar-refractivity contribution in [2.75, 3.05) is 6.61 Å². The van der Waals surface area contributed by atoms with Crippen LogP contribution in [0.4, 0.5) is 0 Å². The number of benzene rings is 3. The van der Waals surface area contributed by atoms with Crippen LogP contribution >= 0.6 is 15.9 Å². The van der Waals surface area contributed by atoms with Crippen LogP contribution in [0.15, 0.2) is 77.3 Å². The van der Waals surface area contributed by atoms with Gasteiger partial charge in [0.1, 0.15) is 17.1 Å². The molecule has 0 fully saturated rings. The van der Waals surface area contributed by atoms with Crippen LogP contribution in [0.1, 0.15) is 40.1 Å². The zero-order valence-electron chi connectivity index (χ0n) is 17.3. The van der Waals surface area contributed by atoms with Gasteiger partial charge >= 0.3 is 11.9 Å². The molecule has 3 aromatic carbocycles. The topological polar surface area (TPSA) is 61.8 Å². The Morgan fingerprint density at radius 1 is 0.903 bits per heavy atom. The van der Waals surface area contributed by atoms with Crippen LogP contribution in [0.2, 0.25) is 0 Å². The fourth-order valence-electron chi connectivity index (χ4n) is 2.86. The maximum Gasteiger partial charge on any atom is 0.347 e. The van der Waals surface area contributed by atoms with Crippen molar-refractivity contribution in [3.05, 3.63) is 94.0 Å². The van der Waals surface area contributed by atoms with Crippen LogP contribution in [0, 0.1) is 0 Å².